The summed E-state index contributed by atoms with van der Waals surface area (Å²) in [6.07, 6.45) is 0.702. The molecule has 2 aromatic carbocycles. The van der Waals surface area contributed by atoms with E-state index in [9.17, 15) is 8.42 Å². The second kappa shape index (κ2) is 8.81. The first-order valence-corrected chi connectivity index (χ1v) is 10.7. The number of nitrogens with one attached hydrogen (secondary N) is 1. The van der Waals surface area contributed by atoms with Crippen molar-refractivity contribution >= 4 is 26.8 Å². The minimum Gasteiger partial charge on any atom is -0.495 e. The Morgan fingerprint density at radius 3 is 2.69 bits per heavy atom. The molecule has 0 atom stereocenters. The number of nitrogens with zero attached hydrogens (tertiary/aromatic N) is 1. The number of fused-ring (bicyclic) bond motifs is 1. The molecule has 3 N–H and O–H groups in total. The Morgan fingerprint density at radius 2 is 2.00 bits per heavy atom. The number of aromatic nitrogens is 1. The Hall–Kier alpha value is -2.62. The van der Waals surface area contributed by atoms with Gasteiger partial charge in [0.2, 0.25) is 0 Å². The fourth-order valence-electron chi connectivity index (χ4n) is 3.10. The first-order chi connectivity index (χ1) is 13.9. The lowest BCUT2D eigenvalue weighted by molar-refractivity contribution is 0.128. The van der Waals surface area contributed by atoms with Crippen molar-refractivity contribution in [3.05, 3.63) is 47.0 Å². The molecule has 156 valence electrons. The molecule has 0 amide bonds. The van der Waals surface area contributed by atoms with Crippen molar-refractivity contribution in [3.8, 4) is 5.75 Å². The van der Waals surface area contributed by atoms with Crippen molar-refractivity contribution < 1.29 is 22.4 Å². The van der Waals surface area contributed by atoms with E-state index < -0.39 is 10.0 Å². The van der Waals surface area contributed by atoms with Crippen molar-refractivity contribution in [3.63, 3.8) is 0 Å². The number of hydrogen-bond donors (Lipinski definition) is 2. The number of benzene rings is 2. The highest BCUT2D eigenvalue weighted by Gasteiger charge is 2.24. The third-order valence-electron chi connectivity index (χ3n) is 4.52. The second-order valence-corrected chi connectivity index (χ2v) is 8.25. The number of hydrogen-bond acceptors (Lipinski definition) is 7. The maximum atomic E-state index is 13.0. The van der Waals surface area contributed by atoms with Gasteiger partial charge in [0.1, 0.15) is 10.6 Å². The monoisotopic (exact) mass is 419 g/mol. The van der Waals surface area contributed by atoms with E-state index in [1.165, 1.54) is 7.11 Å². The maximum absolute atomic E-state index is 13.0. The Balaban J connectivity index is 1.96. The van der Waals surface area contributed by atoms with Crippen LogP contribution in [0.2, 0.25) is 0 Å². The van der Waals surface area contributed by atoms with Crippen LogP contribution in [0.3, 0.4) is 0 Å². The highest BCUT2D eigenvalue weighted by molar-refractivity contribution is 7.92. The van der Waals surface area contributed by atoms with Gasteiger partial charge >= 0.3 is 0 Å². The molecule has 0 saturated carbocycles. The Morgan fingerprint density at radius 1 is 1.21 bits per heavy atom. The summed E-state index contributed by atoms with van der Waals surface area (Å²) in [5.74, 6) is 0.398. The molecular weight excluding hydrogens is 394 g/mol. The van der Waals surface area contributed by atoms with Crippen molar-refractivity contribution in [2.24, 2.45) is 5.73 Å². The zero-order valence-electron chi connectivity index (χ0n) is 16.7. The molecule has 0 saturated heterocycles. The van der Waals surface area contributed by atoms with Gasteiger partial charge in [0, 0.05) is 6.54 Å². The maximum Gasteiger partial charge on any atom is 0.266 e. The molecule has 0 fully saturated rings. The molecule has 1 heterocycles. The van der Waals surface area contributed by atoms with Crippen LogP contribution >= 0.6 is 0 Å². The molecule has 0 spiro atoms. The molecule has 29 heavy (non-hydrogen) atoms. The minimum absolute atomic E-state index is 0.0555. The van der Waals surface area contributed by atoms with Crippen LogP contribution in [0.4, 0.5) is 5.82 Å². The highest BCUT2D eigenvalue weighted by Crippen LogP contribution is 2.32. The minimum atomic E-state index is -3.93. The Kier molecular flexibility index (Phi) is 6.41. The van der Waals surface area contributed by atoms with E-state index in [1.807, 2.05) is 26.0 Å². The van der Waals surface area contributed by atoms with Gasteiger partial charge < -0.3 is 19.7 Å². The Bertz CT molecular complexity index is 1110. The fourth-order valence-corrected chi connectivity index (χ4v) is 4.33. The van der Waals surface area contributed by atoms with Gasteiger partial charge in [-0.2, -0.15) is 0 Å². The van der Waals surface area contributed by atoms with E-state index in [2.05, 4.69) is 9.88 Å². The van der Waals surface area contributed by atoms with Crippen LogP contribution in [0.15, 0.2) is 39.8 Å². The largest absolute Gasteiger partial charge is 0.495 e. The predicted molar refractivity (Wildman–Crippen MR) is 111 cm³/mol. The van der Waals surface area contributed by atoms with Gasteiger partial charge in [0.25, 0.3) is 10.0 Å². The van der Waals surface area contributed by atoms with E-state index in [0.717, 1.165) is 16.7 Å². The summed E-state index contributed by atoms with van der Waals surface area (Å²) >= 11 is 0. The van der Waals surface area contributed by atoms with E-state index in [1.54, 1.807) is 18.2 Å². The summed E-state index contributed by atoms with van der Waals surface area (Å²) in [5, 5.41) is 4.53. The van der Waals surface area contributed by atoms with Gasteiger partial charge in [-0.25, -0.2) is 8.42 Å². The number of ether oxygens (including phenoxy) is 2. The van der Waals surface area contributed by atoms with Crippen LogP contribution in [-0.4, -0.2) is 33.8 Å². The smallest absolute Gasteiger partial charge is 0.266 e. The number of sulfonamides is 1. The fraction of sp³-hybridized carbons (Fsp3) is 0.350. The van der Waals surface area contributed by atoms with Crippen molar-refractivity contribution in [2.75, 3.05) is 25.0 Å². The van der Waals surface area contributed by atoms with Crippen LogP contribution in [0.5, 0.6) is 5.75 Å². The summed E-state index contributed by atoms with van der Waals surface area (Å²) in [5.41, 5.74) is 8.51. The van der Waals surface area contributed by atoms with Gasteiger partial charge in [-0.1, -0.05) is 24.2 Å². The lowest BCUT2D eigenvalue weighted by atomic mass is 10.1. The molecule has 3 rings (SSSR count). The number of methoxy groups -OCH3 is 1. The van der Waals surface area contributed by atoms with Gasteiger partial charge in [-0.15, -0.1) is 0 Å². The standard InChI is InChI=1S/C20H25N3O5S/c1-4-14-5-6-16(26-3)18(11-14)29(24,25)23-20-19-13(2)9-15(12-27-8-7-21)10-17(19)28-22-20/h5-6,9-11H,4,7-8,12,21H2,1-3H3,(H,22,23). The number of aryl methyl sites for hydroxylation is 2. The first-order valence-electron chi connectivity index (χ1n) is 9.26. The summed E-state index contributed by atoms with van der Waals surface area (Å²) in [6, 6.07) is 8.77. The van der Waals surface area contributed by atoms with Gasteiger partial charge in [0.05, 0.1) is 25.7 Å². The van der Waals surface area contributed by atoms with E-state index in [-0.39, 0.29) is 16.5 Å². The quantitative estimate of drug-likeness (QED) is 0.512. The zero-order chi connectivity index (χ0) is 21.0. The van der Waals surface area contributed by atoms with Crippen LogP contribution in [0.25, 0.3) is 11.0 Å². The molecule has 9 heteroatoms. The number of anilines is 1. The van der Waals surface area contributed by atoms with Gasteiger partial charge in [-0.3, -0.25) is 4.72 Å². The van der Waals surface area contributed by atoms with E-state index >= 15 is 0 Å². The molecule has 1 aromatic heterocycles. The average Bonchev–Trinajstić information content (AvgIpc) is 3.10. The molecule has 0 aliphatic heterocycles. The van der Waals surface area contributed by atoms with Crippen molar-refractivity contribution in [1.82, 2.24) is 5.16 Å². The lowest BCUT2D eigenvalue weighted by Gasteiger charge is -2.12. The van der Waals surface area contributed by atoms with Crippen molar-refractivity contribution in [1.29, 1.82) is 0 Å². The topological polar surface area (TPSA) is 117 Å². The van der Waals surface area contributed by atoms with Gasteiger partial charge in [-0.05, 0) is 48.2 Å². The summed E-state index contributed by atoms with van der Waals surface area (Å²) in [4.78, 5) is 0.0555. The van der Waals surface area contributed by atoms with Crippen LogP contribution < -0.4 is 15.2 Å². The van der Waals surface area contributed by atoms with Gasteiger partial charge in [0.15, 0.2) is 11.4 Å². The second-order valence-electron chi connectivity index (χ2n) is 6.60. The third-order valence-corrected chi connectivity index (χ3v) is 5.88. The summed E-state index contributed by atoms with van der Waals surface area (Å²) < 4.78 is 44.7. The molecule has 0 aliphatic carbocycles. The molecule has 0 bridgehead atoms. The number of rotatable bonds is 9. The highest BCUT2D eigenvalue weighted by atomic mass is 32.2. The predicted octanol–water partition coefficient (Wildman–Crippen LogP) is 2.98. The third kappa shape index (κ3) is 4.52. The molecule has 8 nitrogen and oxygen atoms in total. The van der Waals surface area contributed by atoms with E-state index in [0.29, 0.717) is 37.1 Å². The van der Waals surface area contributed by atoms with Crippen molar-refractivity contribution in [2.45, 2.75) is 31.8 Å². The average molecular weight is 420 g/mol. The molecule has 0 aliphatic rings. The van der Waals surface area contributed by atoms with Crippen LogP contribution in [0.1, 0.15) is 23.6 Å². The Labute approximate surface area is 170 Å². The normalized spacial score (nSPS) is 11.7. The molecule has 0 radical (unpaired) electrons. The lowest BCUT2D eigenvalue weighted by Crippen LogP contribution is -2.15. The molecular formula is C20H25N3O5S. The van der Waals surface area contributed by atoms with Crippen LogP contribution in [0, 0.1) is 6.92 Å². The first kappa shape index (κ1) is 21.1. The zero-order valence-corrected chi connectivity index (χ0v) is 17.5. The molecule has 0 unspecified atom stereocenters. The van der Waals surface area contributed by atoms with E-state index in [4.69, 9.17) is 19.7 Å². The molecule has 3 aromatic rings. The summed E-state index contributed by atoms with van der Waals surface area (Å²) in [7, 11) is -2.50. The van der Waals surface area contributed by atoms with Crippen LogP contribution in [-0.2, 0) is 27.8 Å². The SMILES string of the molecule is CCc1ccc(OC)c(S(=O)(=O)Nc2noc3cc(COCCN)cc(C)c23)c1. The number of nitrogens with two attached hydrogens (primary N) is 1. The summed E-state index contributed by atoms with van der Waals surface area (Å²) in [6.45, 7) is 5.10.